The summed E-state index contributed by atoms with van der Waals surface area (Å²) >= 11 is 11.8. The van der Waals surface area contributed by atoms with E-state index in [9.17, 15) is 13.2 Å². The Morgan fingerprint density at radius 2 is 1.79 bits per heavy atom. The van der Waals surface area contributed by atoms with E-state index < -0.39 is 11.7 Å². The third-order valence-corrected chi connectivity index (χ3v) is 3.95. The Kier molecular flexibility index (Phi) is 4.47. The van der Waals surface area contributed by atoms with Crippen LogP contribution in [0.2, 0.25) is 10.0 Å². The van der Waals surface area contributed by atoms with Crippen molar-refractivity contribution in [2.24, 2.45) is 0 Å². The number of tetrazole rings is 1. The number of halogens is 5. The van der Waals surface area contributed by atoms with Crippen molar-refractivity contribution in [2.75, 3.05) is 0 Å². The molecule has 4 nitrogen and oxygen atoms in total. The van der Waals surface area contributed by atoms with E-state index in [2.05, 4.69) is 15.4 Å². The Bertz CT molecular complexity index is 877. The molecule has 1 aromatic heterocycles. The second-order valence-corrected chi connectivity index (χ2v) is 5.78. The van der Waals surface area contributed by atoms with E-state index in [1.54, 1.807) is 18.2 Å². The van der Waals surface area contributed by atoms with Crippen molar-refractivity contribution in [3.63, 3.8) is 0 Å². The number of alkyl halides is 3. The van der Waals surface area contributed by atoms with E-state index in [0.29, 0.717) is 10.0 Å². The molecular formula is C15H9Cl2F3N4. The molecule has 2 aromatic carbocycles. The summed E-state index contributed by atoms with van der Waals surface area (Å²) in [7, 11) is 0. The summed E-state index contributed by atoms with van der Waals surface area (Å²) in [5.74, 6) is 0.112. The van der Waals surface area contributed by atoms with Crippen molar-refractivity contribution in [3.8, 4) is 11.4 Å². The number of aromatic nitrogens is 4. The topological polar surface area (TPSA) is 43.6 Å². The van der Waals surface area contributed by atoms with Gasteiger partial charge in [-0.1, -0.05) is 41.4 Å². The molecule has 9 heteroatoms. The van der Waals surface area contributed by atoms with Crippen LogP contribution in [0.3, 0.4) is 0 Å². The lowest BCUT2D eigenvalue weighted by atomic mass is 10.1. The Morgan fingerprint density at radius 3 is 2.50 bits per heavy atom. The van der Waals surface area contributed by atoms with E-state index in [-0.39, 0.29) is 17.9 Å². The molecule has 1 heterocycles. The number of rotatable bonds is 3. The molecule has 0 fully saturated rings. The first kappa shape index (κ1) is 16.7. The highest BCUT2D eigenvalue weighted by molar-refractivity contribution is 6.42. The zero-order chi connectivity index (χ0) is 17.3. The third-order valence-electron chi connectivity index (χ3n) is 3.21. The van der Waals surface area contributed by atoms with Gasteiger partial charge in [0.25, 0.3) is 0 Å². The molecule has 0 amide bonds. The van der Waals surface area contributed by atoms with Gasteiger partial charge in [-0.3, -0.25) is 0 Å². The van der Waals surface area contributed by atoms with Crippen LogP contribution in [0.1, 0.15) is 11.1 Å². The highest BCUT2D eigenvalue weighted by Gasteiger charge is 2.30. The summed E-state index contributed by atoms with van der Waals surface area (Å²) in [6.07, 6.45) is -4.42. The average molecular weight is 373 g/mol. The van der Waals surface area contributed by atoms with Crippen molar-refractivity contribution in [1.29, 1.82) is 0 Å². The normalized spacial score (nSPS) is 11.7. The van der Waals surface area contributed by atoms with Crippen molar-refractivity contribution in [2.45, 2.75) is 12.7 Å². The minimum Gasteiger partial charge on any atom is -0.166 e. The van der Waals surface area contributed by atoms with E-state index in [1.165, 1.54) is 16.9 Å². The van der Waals surface area contributed by atoms with Gasteiger partial charge in [0, 0.05) is 5.56 Å². The van der Waals surface area contributed by atoms with Gasteiger partial charge in [-0.05, 0) is 35.0 Å². The van der Waals surface area contributed by atoms with Gasteiger partial charge in [-0.15, -0.1) is 10.2 Å². The molecule has 0 aliphatic rings. The van der Waals surface area contributed by atoms with Crippen LogP contribution in [-0.2, 0) is 12.7 Å². The summed E-state index contributed by atoms with van der Waals surface area (Å²) in [4.78, 5) is 1.27. The first-order valence-corrected chi connectivity index (χ1v) is 7.48. The van der Waals surface area contributed by atoms with Gasteiger partial charge in [-0.2, -0.15) is 18.0 Å². The standard InChI is InChI=1S/C15H9Cl2F3N4/c16-12-5-4-9(6-13(12)17)8-24-22-14(21-23-24)10-2-1-3-11(7-10)15(18,19)20/h1-7H,8H2. The van der Waals surface area contributed by atoms with Gasteiger partial charge in [-0.25, -0.2) is 0 Å². The van der Waals surface area contributed by atoms with E-state index in [4.69, 9.17) is 23.2 Å². The molecule has 3 rings (SSSR count). The molecule has 0 radical (unpaired) electrons. The lowest BCUT2D eigenvalue weighted by Crippen LogP contribution is -2.05. The molecule has 0 bridgehead atoms. The quantitative estimate of drug-likeness (QED) is 0.668. The predicted octanol–water partition coefficient (Wildman–Crippen LogP) is 4.71. The van der Waals surface area contributed by atoms with Gasteiger partial charge >= 0.3 is 6.18 Å². The second-order valence-electron chi connectivity index (χ2n) is 4.97. The number of hydrogen-bond donors (Lipinski definition) is 0. The van der Waals surface area contributed by atoms with E-state index in [1.807, 2.05) is 0 Å². The van der Waals surface area contributed by atoms with Crippen LogP contribution >= 0.6 is 23.2 Å². The van der Waals surface area contributed by atoms with Gasteiger partial charge < -0.3 is 0 Å². The van der Waals surface area contributed by atoms with Crippen LogP contribution < -0.4 is 0 Å². The summed E-state index contributed by atoms with van der Waals surface area (Å²) in [6.45, 7) is 0.267. The maximum atomic E-state index is 12.8. The van der Waals surface area contributed by atoms with Crippen LogP contribution in [-0.4, -0.2) is 20.2 Å². The highest BCUT2D eigenvalue weighted by atomic mass is 35.5. The molecule has 0 aliphatic carbocycles. The molecule has 0 N–H and O–H groups in total. The lowest BCUT2D eigenvalue weighted by molar-refractivity contribution is -0.137. The summed E-state index contributed by atoms with van der Waals surface area (Å²) in [6, 6.07) is 9.83. The van der Waals surface area contributed by atoms with Crippen LogP contribution in [0.5, 0.6) is 0 Å². The maximum absolute atomic E-state index is 12.8. The molecule has 24 heavy (non-hydrogen) atoms. The lowest BCUT2D eigenvalue weighted by Gasteiger charge is -2.06. The van der Waals surface area contributed by atoms with Gasteiger partial charge in [0.2, 0.25) is 5.82 Å². The van der Waals surface area contributed by atoms with Gasteiger partial charge in [0.15, 0.2) is 0 Å². The fourth-order valence-corrected chi connectivity index (χ4v) is 2.38. The molecule has 0 saturated heterocycles. The summed E-state index contributed by atoms with van der Waals surface area (Å²) in [5.41, 5.74) is 0.267. The minimum atomic E-state index is -4.42. The Morgan fingerprint density at radius 1 is 1.00 bits per heavy atom. The van der Waals surface area contributed by atoms with E-state index >= 15 is 0 Å². The van der Waals surface area contributed by atoms with Crippen molar-refractivity contribution in [3.05, 3.63) is 63.6 Å². The average Bonchev–Trinajstić information content (AvgIpc) is 2.99. The number of hydrogen-bond acceptors (Lipinski definition) is 3. The summed E-state index contributed by atoms with van der Waals surface area (Å²) in [5, 5.41) is 12.6. The van der Waals surface area contributed by atoms with E-state index in [0.717, 1.165) is 17.7 Å². The number of nitrogens with zero attached hydrogens (tertiary/aromatic N) is 4. The van der Waals surface area contributed by atoms with Crippen molar-refractivity contribution in [1.82, 2.24) is 20.2 Å². The first-order valence-electron chi connectivity index (χ1n) is 6.72. The zero-order valence-electron chi connectivity index (χ0n) is 11.9. The smallest absolute Gasteiger partial charge is 0.166 e. The second kappa shape index (κ2) is 6.41. The maximum Gasteiger partial charge on any atom is 0.416 e. The van der Waals surface area contributed by atoms with Crippen LogP contribution in [0.4, 0.5) is 13.2 Å². The highest BCUT2D eigenvalue weighted by Crippen LogP contribution is 2.31. The first-order chi connectivity index (χ1) is 11.3. The minimum absolute atomic E-state index is 0.112. The van der Waals surface area contributed by atoms with Crippen LogP contribution in [0, 0.1) is 0 Å². The molecule has 0 aliphatic heterocycles. The SMILES string of the molecule is FC(F)(F)c1cccc(-c2nnn(Cc3ccc(Cl)c(Cl)c3)n2)c1. The number of benzene rings is 2. The predicted molar refractivity (Wildman–Crippen MR) is 83.8 cm³/mol. The zero-order valence-corrected chi connectivity index (χ0v) is 13.4. The van der Waals surface area contributed by atoms with Crippen molar-refractivity contribution >= 4 is 23.2 Å². The molecule has 0 saturated carbocycles. The molecule has 3 aromatic rings. The van der Waals surface area contributed by atoms with Crippen LogP contribution in [0.25, 0.3) is 11.4 Å². The Balaban J connectivity index is 1.84. The molecule has 0 unspecified atom stereocenters. The summed E-state index contributed by atoms with van der Waals surface area (Å²) < 4.78 is 38.3. The van der Waals surface area contributed by atoms with Crippen molar-refractivity contribution < 1.29 is 13.2 Å². The van der Waals surface area contributed by atoms with Crippen LogP contribution in [0.15, 0.2) is 42.5 Å². The fourth-order valence-electron chi connectivity index (χ4n) is 2.06. The fraction of sp³-hybridized carbons (Fsp3) is 0.133. The molecule has 124 valence electrons. The largest absolute Gasteiger partial charge is 0.416 e. The Labute approximate surface area is 144 Å². The Hall–Kier alpha value is -2.12. The van der Waals surface area contributed by atoms with Gasteiger partial charge in [0.05, 0.1) is 22.2 Å². The van der Waals surface area contributed by atoms with Gasteiger partial charge in [0.1, 0.15) is 0 Å². The molecular weight excluding hydrogens is 364 g/mol. The molecule has 0 atom stereocenters. The molecule has 0 spiro atoms. The third kappa shape index (κ3) is 3.68. The monoisotopic (exact) mass is 372 g/mol.